The molecular weight excluding hydrogens is 268 g/mol. The Morgan fingerprint density at radius 1 is 1.26 bits per heavy atom. The Kier molecular flexibility index (Phi) is 3.63. The van der Waals surface area contributed by atoms with Gasteiger partial charge in [0.1, 0.15) is 0 Å². The monoisotopic (exact) mass is 280 g/mol. The van der Waals surface area contributed by atoms with Crippen molar-refractivity contribution >= 4 is 15.9 Å². The third-order valence-corrected chi connectivity index (χ3v) is 3.88. The van der Waals surface area contributed by atoms with Crippen molar-refractivity contribution < 1.29 is 13.2 Å². The molecule has 1 heterocycles. The van der Waals surface area contributed by atoms with E-state index in [-0.39, 0.29) is 17.0 Å². The van der Waals surface area contributed by atoms with Gasteiger partial charge in [0.25, 0.3) is 0 Å². The molecule has 0 bridgehead atoms. The molecule has 0 radical (unpaired) electrons. The van der Waals surface area contributed by atoms with Crippen molar-refractivity contribution in [3.05, 3.63) is 47.8 Å². The molecule has 8 heteroatoms. The van der Waals surface area contributed by atoms with Crippen LogP contribution in [0.5, 0.6) is 0 Å². The van der Waals surface area contributed by atoms with Crippen molar-refractivity contribution in [2.45, 2.75) is 11.4 Å². The van der Waals surface area contributed by atoms with Gasteiger partial charge in [0.15, 0.2) is 0 Å². The van der Waals surface area contributed by atoms with Crippen LogP contribution in [-0.4, -0.2) is 24.5 Å². The summed E-state index contributed by atoms with van der Waals surface area (Å²) in [4.78, 5) is 11.0. The second kappa shape index (κ2) is 5.21. The predicted octanol–water partition coefficient (Wildman–Crippen LogP) is -0.0129. The van der Waals surface area contributed by atoms with E-state index in [2.05, 4.69) is 14.9 Å². The average Bonchev–Trinajstić information content (AvgIpc) is 2.90. The van der Waals surface area contributed by atoms with Gasteiger partial charge in [-0.2, -0.15) is 5.10 Å². The third kappa shape index (κ3) is 3.18. The summed E-state index contributed by atoms with van der Waals surface area (Å²) in [6, 6.07) is 7.06. The number of nitrogens with zero attached hydrogens (tertiary/aromatic N) is 1. The maximum absolute atomic E-state index is 11.9. The zero-order chi connectivity index (χ0) is 13.9. The largest absolute Gasteiger partial charge is 0.366 e. The molecule has 0 spiro atoms. The average molecular weight is 280 g/mol. The molecule has 0 aliphatic rings. The number of aromatic nitrogens is 2. The molecule has 2 aromatic rings. The lowest BCUT2D eigenvalue weighted by molar-refractivity contribution is 0.1000. The van der Waals surface area contributed by atoms with Crippen LogP contribution in [0.2, 0.25) is 0 Å². The van der Waals surface area contributed by atoms with Crippen LogP contribution in [0.1, 0.15) is 16.1 Å². The number of amides is 1. The number of carbonyl (C=O) groups excluding carboxylic acids is 1. The molecule has 2 rings (SSSR count). The van der Waals surface area contributed by atoms with E-state index < -0.39 is 15.9 Å². The maximum atomic E-state index is 11.9. The number of nitrogens with two attached hydrogens (primary N) is 1. The first-order chi connectivity index (χ1) is 8.99. The molecule has 0 unspecified atom stereocenters. The molecule has 4 N–H and O–H groups in total. The van der Waals surface area contributed by atoms with E-state index in [4.69, 9.17) is 5.73 Å². The number of aromatic amines is 1. The number of primary amides is 1. The number of hydrogen-bond donors (Lipinski definition) is 3. The van der Waals surface area contributed by atoms with Crippen LogP contribution in [0, 0.1) is 0 Å². The summed E-state index contributed by atoms with van der Waals surface area (Å²) < 4.78 is 26.3. The van der Waals surface area contributed by atoms with E-state index >= 15 is 0 Å². The van der Waals surface area contributed by atoms with Gasteiger partial charge >= 0.3 is 0 Å². The number of hydrogen-bond acceptors (Lipinski definition) is 4. The van der Waals surface area contributed by atoms with Crippen LogP contribution >= 0.6 is 0 Å². The number of rotatable bonds is 5. The van der Waals surface area contributed by atoms with Gasteiger partial charge in [0.05, 0.1) is 17.1 Å². The van der Waals surface area contributed by atoms with Crippen LogP contribution < -0.4 is 10.5 Å². The van der Waals surface area contributed by atoms with Crippen LogP contribution in [-0.2, 0) is 16.6 Å². The molecule has 0 saturated heterocycles. The van der Waals surface area contributed by atoms with Gasteiger partial charge in [-0.25, -0.2) is 13.1 Å². The van der Waals surface area contributed by atoms with Crippen molar-refractivity contribution in [1.82, 2.24) is 14.9 Å². The van der Waals surface area contributed by atoms with Gasteiger partial charge in [0, 0.05) is 11.8 Å². The molecule has 0 saturated carbocycles. The van der Waals surface area contributed by atoms with E-state index in [9.17, 15) is 13.2 Å². The van der Waals surface area contributed by atoms with Gasteiger partial charge in [0.2, 0.25) is 15.9 Å². The first-order valence-electron chi connectivity index (χ1n) is 5.37. The summed E-state index contributed by atoms with van der Waals surface area (Å²) in [6.07, 6.45) is 1.53. The normalized spacial score (nSPS) is 11.4. The number of nitrogens with one attached hydrogen (secondary N) is 2. The SMILES string of the molecule is NC(=O)c1ccc(S(=O)(=O)NCc2ccn[nH]2)cc1. The third-order valence-electron chi connectivity index (χ3n) is 2.46. The predicted molar refractivity (Wildman–Crippen MR) is 67.6 cm³/mol. The van der Waals surface area contributed by atoms with E-state index in [1.165, 1.54) is 30.5 Å². The molecule has 0 fully saturated rings. The molecule has 1 aromatic carbocycles. The van der Waals surface area contributed by atoms with Crippen LogP contribution in [0.15, 0.2) is 41.4 Å². The van der Waals surface area contributed by atoms with Crippen LogP contribution in [0.4, 0.5) is 0 Å². The van der Waals surface area contributed by atoms with Crippen LogP contribution in [0.25, 0.3) is 0 Å². The first-order valence-corrected chi connectivity index (χ1v) is 6.85. The molecule has 0 aliphatic heterocycles. The molecule has 0 atom stereocenters. The minimum atomic E-state index is -3.63. The highest BCUT2D eigenvalue weighted by atomic mass is 32.2. The van der Waals surface area contributed by atoms with Gasteiger partial charge in [-0.1, -0.05) is 0 Å². The Labute approximate surface area is 109 Å². The highest BCUT2D eigenvalue weighted by Gasteiger charge is 2.14. The zero-order valence-corrected chi connectivity index (χ0v) is 10.6. The fourth-order valence-electron chi connectivity index (χ4n) is 1.44. The van der Waals surface area contributed by atoms with E-state index in [1.807, 2.05) is 0 Å². The Morgan fingerprint density at radius 3 is 2.47 bits per heavy atom. The van der Waals surface area contributed by atoms with Crippen molar-refractivity contribution in [3.63, 3.8) is 0 Å². The highest BCUT2D eigenvalue weighted by molar-refractivity contribution is 7.89. The summed E-state index contributed by atoms with van der Waals surface area (Å²) in [6.45, 7) is 0.111. The smallest absolute Gasteiger partial charge is 0.248 e. The molecule has 1 amide bonds. The fraction of sp³-hybridized carbons (Fsp3) is 0.0909. The second-order valence-electron chi connectivity index (χ2n) is 3.80. The van der Waals surface area contributed by atoms with Crippen molar-refractivity contribution in [3.8, 4) is 0 Å². The maximum Gasteiger partial charge on any atom is 0.248 e. The van der Waals surface area contributed by atoms with Gasteiger partial charge < -0.3 is 5.73 Å². The Balaban J connectivity index is 2.13. The lowest BCUT2D eigenvalue weighted by Crippen LogP contribution is -2.23. The lowest BCUT2D eigenvalue weighted by Gasteiger charge is -2.06. The fourth-order valence-corrected chi connectivity index (χ4v) is 2.44. The number of benzene rings is 1. The van der Waals surface area contributed by atoms with Crippen molar-refractivity contribution in [2.24, 2.45) is 5.73 Å². The summed E-state index contributed by atoms with van der Waals surface area (Å²) in [7, 11) is -3.63. The topological polar surface area (TPSA) is 118 Å². The zero-order valence-electron chi connectivity index (χ0n) is 9.83. The summed E-state index contributed by atoms with van der Waals surface area (Å²) in [5, 5.41) is 6.36. The summed E-state index contributed by atoms with van der Waals surface area (Å²) in [5.74, 6) is -0.602. The lowest BCUT2D eigenvalue weighted by atomic mass is 10.2. The highest BCUT2D eigenvalue weighted by Crippen LogP contribution is 2.10. The standard InChI is InChI=1S/C11H12N4O3S/c12-11(16)8-1-3-10(4-2-8)19(17,18)14-7-9-5-6-13-15-9/h1-6,14H,7H2,(H2,12,16)(H,13,15). The second-order valence-corrected chi connectivity index (χ2v) is 5.56. The molecule has 7 nitrogen and oxygen atoms in total. The summed E-state index contributed by atoms with van der Waals surface area (Å²) >= 11 is 0. The van der Waals surface area contributed by atoms with Crippen LogP contribution in [0.3, 0.4) is 0 Å². The number of sulfonamides is 1. The Morgan fingerprint density at radius 2 is 1.95 bits per heavy atom. The minimum Gasteiger partial charge on any atom is -0.366 e. The number of carbonyl (C=O) groups is 1. The van der Waals surface area contributed by atoms with Gasteiger partial charge in [-0.15, -0.1) is 0 Å². The van der Waals surface area contributed by atoms with E-state index in [1.54, 1.807) is 6.07 Å². The minimum absolute atomic E-state index is 0.0667. The van der Waals surface area contributed by atoms with Gasteiger partial charge in [-0.3, -0.25) is 9.89 Å². The molecule has 1 aromatic heterocycles. The van der Waals surface area contributed by atoms with E-state index in [0.29, 0.717) is 5.69 Å². The molecule has 19 heavy (non-hydrogen) atoms. The van der Waals surface area contributed by atoms with E-state index in [0.717, 1.165) is 0 Å². The van der Waals surface area contributed by atoms with Crippen molar-refractivity contribution in [1.29, 1.82) is 0 Å². The quantitative estimate of drug-likeness (QED) is 0.713. The Bertz CT molecular complexity index is 662. The number of H-pyrrole nitrogens is 1. The summed E-state index contributed by atoms with van der Waals surface area (Å²) in [5.41, 5.74) is 5.99. The van der Waals surface area contributed by atoms with Gasteiger partial charge in [-0.05, 0) is 30.3 Å². The Hall–Kier alpha value is -2.19. The molecule has 100 valence electrons. The van der Waals surface area contributed by atoms with Crippen molar-refractivity contribution in [2.75, 3.05) is 0 Å². The molecular formula is C11H12N4O3S. The molecule has 0 aliphatic carbocycles. The first kappa shape index (κ1) is 13.2.